The van der Waals surface area contributed by atoms with E-state index in [9.17, 15) is 33.5 Å². The standard InChI is InChI=1S/C30H40N3O12P/c1-5-8-9-10-23(24(6-2)33(18-34)42-16-27-19(4)43-30(37)45-27)28(35)31-17-32-29(36)26-12-11-25(44-26)20-13-21(41-7-3)15-22(14-20)46(38,39)40/h11-15,18,23-24H,5-10,16-17H2,1-4H3,(H,31,35)(H,32,36)(H2,38,39,40)/t23-,24-/m1/s1. The first-order valence-electron chi connectivity index (χ1n) is 14.9. The van der Waals surface area contributed by atoms with Gasteiger partial charge in [-0.3, -0.25) is 23.8 Å². The maximum Gasteiger partial charge on any atom is 0.519 e. The molecule has 0 radical (unpaired) electrons. The number of nitrogens with one attached hydrogen (secondary N) is 2. The molecular weight excluding hydrogens is 625 g/mol. The molecule has 2 atom stereocenters. The molecule has 3 rings (SSSR count). The van der Waals surface area contributed by atoms with Crippen LogP contribution in [-0.4, -0.2) is 52.4 Å². The minimum atomic E-state index is -4.60. The predicted octanol–water partition coefficient (Wildman–Crippen LogP) is 3.37. The van der Waals surface area contributed by atoms with Crippen molar-refractivity contribution in [1.82, 2.24) is 15.7 Å². The minimum Gasteiger partial charge on any atom is -0.494 e. The van der Waals surface area contributed by atoms with Crippen molar-refractivity contribution in [2.24, 2.45) is 5.92 Å². The number of amides is 3. The first-order valence-corrected chi connectivity index (χ1v) is 16.5. The van der Waals surface area contributed by atoms with Crippen molar-refractivity contribution in [1.29, 1.82) is 0 Å². The Bertz CT molecular complexity index is 1570. The number of hydrogen-bond donors (Lipinski definition) is 4. The second-order valence-electron chi connectivity index (χ2n) is 10.3. The average molecular weight is 666 g/mol. The zero-order valence-electron chi connectivity index (χ0n) is 26.1. The number of nitrogens with zero attached hydrogens (tertiary/aromatic N) is 1. The fourth-order valence-corrected chi connectivity index (χ4v) is 5.39. The zero-order valence-corrected chi connectivity index (χ0v) is 27.0. The van der Waals surface area contributed by atoms with Crippen molar-refractivity contribution >= 4 is 31.1 Å². The van der Waals surface area contributed by atoms with Gasteiger partial charge in [0.05, 0.1) is 30.5 Å². The Morgan fingerprint density at radius 3 is 2.43 bits per heavy atom. The van der Waals surface area contributed by atoms with Crippen LogP contribution in [0.1, 0.15) is 75.0 Å². The number of furan rings is 1. The molecule has 0 aliphatic carbocycles. The Balaban J connectivity index is 1.67. The van der Waals surface area contributed by atoms with Crippen LogP contribution in [0, 0.1) is 12.8 Å². The van der Waals surface area contributed by atoms with Gasteiger partial charge in [-0.2, -0.15) is 0 Å². The van der Waals surface area contributed by atoms with Crippen molar-refractivity contribution in [3.63, 3.8) is 0 Å². The van der Waals surface area contributed by atoms with Crippen LogP contribution in [0.25, 0.3) is 11.3 Å². The molecule has 0 fully saturated rings. The third-order valence-electron chi connectivity index (χ3n) is 7.11. The smallest absolute Gasteiger partial charge is 0.494 e. The Kier molecular flexibility index (Phi) is 13.4. The van der Waals surface area contributed by atoms with Gasteiger partial charge in [-0.25, -0.2) is 9.86 Å². The highest BCUT2D eigenvalue weighted by atomic mass is 31.2. The van der Waals surface area contributed by atoms with Gasteiger partial charge in [-0.15, -0.1) is 0 Å². The van der Waals surface area contributed by atoms with E-state index in [0.29, 0.717) is 31.2 Å². The lowest BCUT2D eigenvalue weighted by molar-refractivity contribution is -0.202. The van der Waals surface area contributed by atoms with E-state index in [-0.39, 0.29) is 54.0 Å². The summed E-state index contributed by atoms with van der Waals surface area (Å²) >= 11 is 0. The van der Waals surface area contributed by atoms with Crippen LogP contribution >= 0.6 is 7.60 Å². The van der Waals surface area contributed by atoms with Gasteiger partial charge in [0.15, 0.2) is 11.5 Å². The first kappa shape index (κ1) is 36.3. The van der Waals surface area contributed by atoms with E-state index in [1.54, 1.807) is 13.8 Å². The van der Waals surface area contributed by atoms with Crippen LogP contribution in [-0.2, 0) is 25.6 Å². The lowest BCUT2D eigenvalue weighted by Crippen LogP contribution is -2.48. The summed E-state index contributed by atoms with van der Waals surface area (Å²) in [5.74, 6) is -2.01. The fraction of sp³-hybridized carbons (Fsp3) is 0.467. The molecule has 252 valence electrons. The summed E-state index contributed by atoms with van der Waals surface area (Å²) in [7, 11) is -4.60. The number of hydroxylamine groups is 2. The van der Waals surface area contributed by atoms with Crippen molar-refractivity contribution < 1.29 is 51.6 Å². The highest BCUT2D eigenvalue weighted by Crippen LogP contribution is 2.37. The molecule has 46 heavy (non-hydrogen) atoms. The maximum atomic E-state index is 13.4. The largest absolute Gasteiger partial charge is 0.519 e. The number of benzene rings is 1. The molecule has 4 N–H and O–H groups in total. The van der Waals surface area contributed by atoms with Gasteiger partial charge < -0.3 is 38.4 Å². The van der Waals surface area contributed by atoms with Gasteiger partial charge >= 0.3 is 13.4 Å². The summed E-state index contributed by atoms with van der Waals surface area (Å²) in [5, 5.41) is 6.01. The number of aryl methyl sites for hydroxylation is 1. The lowest BCUT2D eigenvalue weighted by atomic mass is 9.90. The summed E-state index contributed by atoms with van der Waals surface area (Å²) in [5.41, 5.74) is 0.296. The van der Waals surface area contributed by atoms with E-state index in [1.165, 1.54) is 37.3 Å². The topological polar surface area (TPSA) is 211 Å². The van der Waals surface area contributed by atoms with Crippen molar-refractivity contribution in [3.05, 3.63) is 58.2 Å². The molecule has 2 heterocycles. The molecule has 15 nitrogen and oxygen atoms in total. The molecule has 2 aromatic heterocycles. The monoisotopic (exact) mass is 665 g/mol. The molecule has 0 spiro atoms. The van der Waals surface area contributed by atoms with Gasteiger partial charge in [0, 0.05) is 5.56 Å². The van der Waals surface area contributed by atoms with Gasteiger partial charge in [-0.1, -0.05) is 33.1 Å². The van der Waals surface area contributed by atoms with E-state index in [0.717, 1.165) is 17.9 Å². The van der Waals surface area contributed by atoms with E-state index in [4.69, 9.17) is 22.8 Å². The third-order valence-corrected chi connectivity index (χ3v) is 8.04. The quantitative estimate of drug-likeness (QED) is 0.0477. The average Bonchev–Trinajstić information content (AvgIpc) is 3.63. The second kappa shape index (κ2) is 16.9. The minimum absolute atomic E-state index is 0.101. The second-order valence-corrected chi connectivity index (χ2v) is 11.9. The summed E-state index contributed by atoms with van der Waals surface area (Å²) in [4.78, 5) is 74.4. The number of unbranched alkanes of at least 4 members (excludes halogenated alkanes) is 2. The zero-order chi connectivity index (χ0) is 33.9. The molecule has 0 bridgehead atoms. The first-order chi connectivity index (χ1) is 21.9. The van der Waals surface area contributed by atoms with Gasteiger partial charge in [0.1, 0.15) is 23.9 Å². The Hall–Kier alpha value is -4.17. The molecule has 0 aliphatic rings. The maximum absolute atomic E-state index is 13.4. The highest BCUT2D eigenvalue weighted by Gasteiger charge is 2.32. The van der Waals surface area contributed by atoms with Crippen LogP contribution in [0.15, 0.2) is 48.4 Å². The molecule has 0 aliphatic heterocycles. The number of rotatable bonds is 19. The summed E-state index contributed by atoms with van der Waals surface area (Å²) < 4.78 is 32.7. The molecule has 16 heteroatoms. The summed E-state index contributed by atoms with van der Waals surface area (Å²) in [6, 6.07) is 6.23. The Labute approximate surface area is 265 Å². The van der Waals surface area contributed by atoms with Crippen LogP contribution in [0.5, 0.6) is 5.75 Å². The number of ether oxygens (including phenoxy) is 1. The van der Waals surface area contributed by atoms with E-state index >= 15 is 0 Å². The van der Waals surface area contributed by atoms with Crippen molar-refractivity contribution in [2.45, 2.75) is 72.4 Å². The predicted molar refractivity (Wildman–Crippen MR) is 164 cm³/mol. The molecular formula is C30H40N3O12P. The fourth-order valence-electron chi connectivity index (χ4n) is 4.79. The van der Waals surface area contributed by atoms with E-state index < -0.39 is 37.2 Å². The molecule has 3 amide bonds. The molecule has 0 saturated heterocycles. The SMILES string of the molecule is CCCCC[C@@H](C(=O)NCNC(=O)c1ccc(-c2cc(OCC)cc(P(=O)(O)O)c2)o1)[C@@H](CC)N(C=O)OCc1oc(=O)oc1C. The van der Waals surface area contributed by atoms with Gasteiger partial charge in [0.25, 0.3) is 5.91 Å². The number of hydrogen-bond acceptors (Lipinski definition) is 10. The van der Waals surface area contributed by atoms with Gasteiger partial charge in [-0.05, 0) is 57.0 Å². The Morgan fingerprint density at radius 1 is 1.07 bits per heavy atom. The van der Waals surface area contributed by atoms with Gasteiger partial charge in [0.2, 0.25) is 12.3 Å². The van der Waals surface area contributed by atoms with E-state index in [2.05, 4.69) is 10.6 Å². The molecule has 0 saturated carbocycles. The third kappa shape index (κ3) is 9.91. The number of carbonyl (C=O) groups is 3. The van der Waals surface area contributed by atoms with Crippen LogP contribution in [0.2, 0.25) is 0 Å². The number of carbonyl (C=O) groups excluding carboxylic acids is 3. The van der Waals surface area contributed by atoms with Crippen molar-refractivity contribution in [2.75, 3.05) is 13.3 Å². The molecule has 1 aromatic carbocycles. The van der Waals surface area contributed by atoms with Crippen LogP contribution in [0.3, 0.4) is 0 Å². The lowest BCUT2D eigenvalue weighted by Gasteiger charge is -2.32. The van der Waals surface area contributed by atoms with E-state index in [1.807, 2.05) is 6.92 Å². The summed E-state index contributed by atoms with van der Waals surface area (Å²) in [6.07, 6.45) is 3.76. The van der Waals surface area contributed by atoms with Crippen LogP contribution in [0.4, 0.5) is 0 Å². The van der Waals surface area contributed by atoms with Crippen LogP contribution < -0.4 is 26.5 Å². The normalized spacial score (nSPS) is 12.7. The highest BCUT2D eigenvalue weighted by molar-refractivity contribution is 7.60. The molecule has 0 unspecified atom stereocenters. The summed E-state index contributed by atoms with van der Waals surface area (Å²) in [6.45, 7) is 6.84. The van der Waals surface area contributed by atoms with Crippen molar-refractivity contribution in [3.8, 4) is 17.1 Å². The molecule has 3 aromatic rings. The Morgan fingerprint density at radius 2 is 1.83 bits per heavy atom.